The number of aliphatic hydroxyl groups is 2. The van der Waals surface area contributed by atoms with Gasteiger partial charge in [-0.05, 0) is 25.2 Å². The van der Waals surface area contributed by atoms with Crippen molar-refractivity contribution in [2.75, 3.05) is 26.1 Å². The van der Waals surface area contributed by atoms with E-state index in [9.17, 15) is 28.0 Å². The molecule has 3 rings (SSSR count). The molecule has 12 heteroatoms. The zero-order valence-corrected chi connectivity index (χ0v) is 17.2. The molecule has 3 N–H and O–H groups in total. The number of likely N-dealkylation sites (N-methyl/N-ethyl adjacent to an activating group) is 1. The summed E-state index contributed by atoms with van der Waals surface area (Å²) >= 11 is 0. The van der Waals surface area contributed by atoms with Gasteiger partial charge in [0, 0.05) is 18.9 Å². The Bertz CT molecular complexity index is 1040. The number of hydrogen-bond donors (Lipinski definition) is 3. The van der Waals surface area contributed by atoms with Gasteiger partial charge in [0.25, 0.3) is 5.91 Å². The molecule has 3 aliphatic rings. The van der Waals surface area contributed by atoms with E-state index in [-0.39, 0.29) is 29.0 Å². The number of hydrogen-bond acceptors (Lipinski definition) is 7. The summed E-state index contributed by atoms with van der Waals surface area (Å²) in [5.41, 5.74) is -0.421. The van der Waals surface area contributed by atoms with Gasteiger partial charge < -0.3 is 15.1 Å². The molecule has 2 aliphatic heterocycles. The van der Waals surface area contributed by atoms with Crippen molar-refractivity contribution < 1.29 is 28.0 Å². The quantitative estimate of drug-likeness (QED) is 0.531. The summed E-state index contributed by atoms with van der Waals surface area (Å²) < 4.78 is 43.0. The molecule has 0 spiro atoms. The minimum Gasteiger partial charge on any atom is -0.509 e. The van der Waals surface area contributed by atoms with Crippen LogP contribution in [0.5, 0.6) is 0 Å². The van der Waals surface area contributed by atoms with Crippen LogP contribution in [0.25, 0.3) is 0 Å². The maximum atomic E-state index is 13.5. The lowest BCUT2D eigenvalue weighted by Gasteiger charge is -2.29. The van der Waals surface area contributed by atoms with Gasteiger partial charge in [-0.2, -0.15) is 0 Å². The molecule has 0 fully saturated rings. The van der Waals surface area contributed by atoms with Crippen molar-refractivity contribution in [2.24, 2.45) is 9.76 Å². The minimum absolute atomic E-state index is 0.114. The van der Waals surface area contributed by atoms with Crippen LogP contribution in [0.15, 0.2) is 45.0 Å². The molecule has 10 nitrogen and oxygen atoms in total. The number of aliphatic hydroxyl groups excluding tert-OH is 2. The fourth-order valence-electron chi connectivity index (χ4n) is 3.16. The topological polar surface area (TPSA) is 149 Å². The number of amidine groups is 1. The SMILES string of the molecule is CC1C(O)=C(C2=NP(=O)(CCO)C3C=C(NS(C)(=O)=O)C=CC3=N2)C(=O)N1C. The van der Waals surface area contributed by atoms with Crippen molar-refractivity contribution in [2.45, 2.75) is 18.6 Å². The number of nitrogens with one attached hydrogen (secondary N) is 1. The normalized spacial score (nSPS) is 30.1. The van der Waals surface area contributed by atoms with Crippen molar-refractivity contribution >= 4 is 34.8 Å². The lowest BCUT2D eigenvalue weighted by Crippen LogP contribution is -2.32. The number of nitrogens with zero attached hydrogens (tertiary/aromatic N) is 3. The second-order valence-electron chi connectivity index (χ2n) is 6.79. The van der Waals surface area contributed by atoms with Crippen molar-refractivity contribution in [3.05, 3.63) is 35.3 Å². The summed E-state index contributed by atoms with van der Waals surface area (Å²) in [6, 6.07) is -0.562. The van der Waals surface area contributed by atoms with E-state index < -0.39 is 41.5 Å². The summed E-state index contributed by atoms with van der Waals surface area (Å²) in [7, 11) is -5.53. The lowest BCUT2D eigenvalue weighted by molar-refractivity contribution is -0.125. The number of rotatable bonds is 5. The smallest absolute Gasteiger partial charge is 0.261 e. The van der Waals surface area contributed by atoms with Crippen LogP contribution in [0.1, 0.15) is 6.92 Å². The molecule has 3 atom stereocenters. The Morgan fingerprint density at radius 3 is 2.57 bits per heavy atom. The van der Waals surface area contributed by atoms with Gasteiger partial charge in [0.05, 0.1) is 30.3 Å². The van der Waals surface area contributed by atoms with E-state index in [2.05, 4.69) is 14.5 Å². The molecule has 0 saturated heterocycles. The highest BCUT2D eigenvalue weighted by Crippen LogP contribution is 2.56. The molecule has 0 saturated carbocycles. The van der Waals surface area contributed by atoms with Gasteiger partial charge in [0.2, 0.25) is 17.3 Å². The van der Waals surface area contributed by atoms with E-state index >= 15 is 0 Å². The van der Waals surface area contributed by atoms with E-state index in [4.69, 9.17) is 0 Å². The van der Waals surface area contributed by atoms with Crippen LogP contribution in [0, 0.1) is 0 Å². The van der Waals surface area contributed by atoms with Gasteiger partial charge in [0.15, 0.2) is 5.84 Å². The zero-order chi connectivity index (χ0) is 20.9. The van der Waals surface area contributed by atoms with Crippen LogP contribution in [-0.2, 0) is 19.4 Å². The summed E-state index contributed by atoms with van der Waals surface area (Å²) in [5, 5.41) is 19.7. The van der Waals surface area contributed by atoms with Crippen molar-refractivity contribution in [3.8, 4) is 0 Å². The van der Waals surface area contributed by atoms with Crippen LogP contribution in [0.3, 0.4) is 0 Å². The average Bonchev–Trinajstić information content (AvgIpc) is 2.77. The predicted octanol–water partition coefficient (Wildman–Crippen LogP) is 0.154. The Balaban J connectivity index is 2.08. The van der Waals surface area contributed by atoms with Crippen molar-refractivity contribution in [1.29, 1.82) is 0 Å². The molecule has 0 aromatic carbocycles. The Morgan fingerprint density at radius 2 is 2.04 bits per heavy atom. The first-order chi connectivity index (χ1) is 13.0. The maximum absolute atomic E-state index is 13.5. The van der Waals surface area contributed by atoms with Crippen molar-refractivity contribution in [3.63, 3.8) is 0 Å². The number of aliphatic imine (C=N–C) groups is 1. The molecule has 152 valence electrons. The van der Waals surface area contributed by atoms with E-state index in [1.54, 1.807) is 6.92 Å². The fraction of sp³-hybridized carbons (Fsp3) is 0.438. The molecule has 0 aromatic rings. The second kappa shape index (κ2) is 6.98. The lowest BCUT2D eigenvalue weighted by atomic mass is 10.1. The average molecular weight is 428 g/mol. The monoisotopic (exact) mass is 428 g/mol. The van der Waals surface area contributed by atoms with E-state index in [1.807, 2.05) is 0 Å². The number of amides is 1. The summed E-state index contributed by atoms with van der Waals surface area (Å²) in [6.45, 7) is 1.22. The fourth-order valence-corrected chi connectivity index (χ4v) is 5.93. The highest BCUT2D eigenvalue weighted by molar-refractivity contribution is 7.88. The van der Waals surface area contributed by atoms with Crippen LogP contribution in [0.2, 0.25) is 0 Å². The molecule has 0 aromatic heterocycles. The van der Waals surface area contributed by atoms with Crippen LogP contribution in [0.4, 0.5) is 0 Å². The summed E-state index contributed by atoms with van der Waals surface area (Å²) in [4.78, 5) is 18.1. The van der Waals surface area contributed by atoms with Gasteiger partial charge in [0.1, 0.15) is 11.3 Å². The number of carbonyl (C=O) groups excluding carboxylic acids is 1. The second-order valence-corrected chi connectivity index (χ2v) is 11.3. The molecule has 1 aliphatic carbocycles. The van der Waals surface area contributed by atoms with Gasteiger partial charge in [-0.15, -0.1) is 0 Å². The Kier molecular flexibility index (Phi) is 5.11. The number of allylic oxidation sites excluding steroid dienone is 3. The molecule has 0 radical (unpaired) electrons. The molecule has 28 heavy (non-hydrogen) atoms. The molecular formula is C16H21N4O6PS. The van der Waals surface area contributed by atoms with Crippen LogP contribution < -0.4 is 4.72 Å². The molecule has 2 heterocycles. The molecule has 1 amide bonds. The van der Waals surface area contributed by atoms with Crippen molar-refractivity contribution in [1.82, 2.24) is 9.62 Å². The summed E-state index contributed by atoms with van der Waals surface area (Å²) in [6.07, 6.45) is 5.21. The highest BCUT2D eigenvalue weighted by Gasteiger charge is 2.43. The van der Waals surface area contributed by atoms with Gasteiger partial charge >= 0.3 is 0 Å². The standard InChI is InChI=1S/C16H21N4O6PS/c1-9-14(22)13(16(23)20(9)2)15-17-11-5-4-10(19-28(3,25)26)8-12(11)27(24,18-15)7-6-21/h4-5,8-9,12,19,21-22H,6-7H2,1-3H3. The number of fused-ring (bicyclic) bond motifs is 1. The Morgan fingerprint density at radius 1 is 1.36 bits per heavy atom. The molecular weight excluding hydrogens is 407 g/mol. The van der Waals surface area contributed by atoms with Gasteiger partial charge in [-0.3, -0.25) is 14.1 Å². The largest absolute Gasteiger partial charge is 0.509 e. The first-order valence-electron chi connectivity index (χ1n) is 8.43. The maximum Gasteiger partial charge on any atom is 0.261 e. The van der Waals surface area contributed by atoms with Gasteiger partial charge in [-0.1, -0.05) is 0 Å². The van der Waals surface area contributed by atoms with Crippen LogP contribution >= 0.6 is 7.29 Å². The Labute approximate surface area is 162 Å². The first kappa shape index (κ1) is 20.5. The number of sulfonamides is 1. The third kappa shape index (κ3) is 3.57. The first-order valence-corrected chi connectivity index (χ1v) is 12.2. The van der Waals surface area contributed by atoms with Gasteiger partial charge in [-0.25, -0.2) is 18.2 Å². The third-order valence-corrected chi connectivity index (χ3v) is 7.98. The minimum atomic E-state index is -3.54. The number of carbonyl (C=O) groups is 1. The summed E-state index contributed by atoms with van der Waals surface area (Å²) in [5.74, 6) is -0.837. The highest BCUT2D eigenvalue weighted by atomic mass is 32.2. The van der Waals surface area contributed by atoms with Crippen LogP contribution in [-0.4, -0.2) is 78.8 Å². The van der Waals surface area contributed by atoms with E-state index in [0.29, 0.717) is 5.71 Å². The molecule has 3 unspecified atom stereocenters. The Hall–Kier alpha value is -2.23. The van der Waals surface area contributed by atoms with E-state index in [0.717, 1.165) is 6.26 Å². The predicted molar refractivity (Wildman–Crippen MR) is 105 cm³/mol. The molecule has 0 bridgehead atoms. The zero-order valence-electron chi connectivity index (χ0n) is 15.5. The third-order valence-electron chi connectivity index (χ3n) is 4.72. The van der Waals surface area contributed by atoms with E-state index in [1.165, 1.54) is 30.2 Å².